The second-order valence-corrected chi connectivity index (χ2v) is 4.86. The molecule has 1 aromatic carbocycles. The van der Waals surface area contributed by atoms with E-state index in [4.69, 9.17) is 5.26 Å². The highest BCUT2D eigenvalue weighted by Crippen LogP contribution is 2.20. The Labute approximate surface area is 103 Å². The van der Waals surface area contributed by atoms with E-state index in [-0.39, 0.29) is 5.82 Å². The molecular weight excluding hydrogens is 235 g/mol. The van der Waals surface area contributed by atoms with Crippen LogP contribution in [0.2, 0.25) is 0 Å². The van der Waals surface area contributed by atoms with Gasteiger partial charge in [-0.3, -0.25) is 0 Å². The maximum absolute atomic E-state index is 12.9. The van der Waals surface area contributed by atoms with Gasteiger partial charge in [-0.1, -0.05) is 0 Å². The topological polar surface area (TPSA) is 35.8 Å². The number of rotatable bonds is 3. The van der Waals surface area contributed by atoms with Crippen molar-refractivity contribution in [3.8, 4) is 6.07 Å². The Balaban J connectivity index is 2.05. The van der Waals surface area contributed by atoms with Crippen LogP contribution < -0.4 is 5.32 Å². The summed E-state index contributed by atoms with van der Waals surface area (Å²) in [6.07, 6.45) is 0. The van der Waals surface area contributed by atoms with Crippen LogP contribution >= 0.6 is 11.3 Å². The molecule has 86 valence electrons. The molecule has 0 saturated heterocycles. The van der Waals surface area contributed by atoms with E-state index in [1.807, 2.05) is 13.0 Å². The summed E-state index contributed by atoms with van der Waals surface area (Å²) >= 11 is 1.46. The third-order valence-corrected chi connectivity index (χ3v) is 3.40. The van der Waals surface area contributed by atoms with Crippen LogP contribution in [-0.4, -0.2) is 0 Å². The number of nitrogens with zero attached hydrogens (tertiary/aromatic N) is 1. The standard InChI is InChI=1S/C13H11FN2S/c1-9-6-10(14)2-5-13(9)16-8-12-4-3-11(7-15)17-12/h2-6,16H,8H2,1H3. The van der Waals surface area contributed by atoms with Crippen LogP contribution in [0.3, 0.4) is 0 Å². The summed E-state index contributed by atoms with van der Waals surface area (Å²) < 4.78 is 12.9. The lowest BCUT2D eigenvalue weighted by Crippen LogP contribution is -1.99. The van der Waals surface area contributed by atoms with E-state index < -0.39 is 0 Å². The minimum atomic E-state index is -0.226. The van der Waals surface area contributed by atoms with Crippen molar-refractivity contribution < 1.29 is 4.39 Å². The average molecular weight is 246 g/mol. The molecule has 0 amide bonds. The molecule has 0 saturated carbocycles. The normalized spacial score (nSPS) is 9.94. The summed E-state index contributed by atoms with van der Waals surface area (Å²) in [5, 5.41) is 11.9. The van der Waals surface area contributed by atoms with Crippen molar-refractivity contribution in [1.82, 2.24) is 0 Å². The predicted octanol–water partition coefficient (Wildman–Crippen LogP) is 3.68. The van der Waals surface area contributed by atoms with Crippen molar-refractivity contribution >= 4 is 17.0 Å². The lowest BCUT2D eigenvalue weighted by Gasteiger charge is -2.08. The Morgan fingerprint density at radius 1 is 1.35 bits per heavy atom. The molecule has 0 aliphatic rings. The quantitative estimate of drug-likeness (QED) is 0.896. The third-order valence-electron chi connectivity index (χ3n) is 2.41. The minimum absolute atomic E-state index is 0.226. The van der Waals surface area contributed by atoms with Crippen molar-refractivity contribution in [2.24, 2.45) is 0 Å². The van der Waals surface area contributed by atoms with Gasteiger partial charge in [-0.2, -0.15) is 5.26 Å². The second kappa shape index (κ2) is 4.98. The molecule has 0 unspecified atom stereocenters. The first kappa shape index (κ1) is 11.6. The number of nitrogens with one attached hydrogen (secondary N) is 1. The van der Waals surface area contributed by atoms with E-state index in [1.165, 1.54) is 23.5 Å². The second-order valence-electron chi connectivity index (χ2n) is 3.69. The summed E-state index contributed by atoms with van der Waals surface area (Å²) in [7, 11) is 0. The summed E-state index contributed by atoms with van der Waals surface area (Å²) in [4.78, 5) is 1.79. The van der Waals surface area contributed by atoms with E-state index in [0.717, 1.165) is 16.1 Å². The Kier molecular flexibility index (Phi) is 3.40. The highest BCUT2D eigenvalue weighted by atomic mass is 32.1. The van der Waals surface area contributed by atoms with Crippen LogP contribution in [0.1, 0.15) is 15.3 Å². The molecule has 2 nitrogen and oxygen atoms in total. The Bertz CT molecular complexity index is 569. The number of nitriles is 1. The molecule has 1 heterocycles. The van der Waals surface area contributed by atoms with Crippen LogP contribution in [0.5, 0.6) is 0 Å². The van der Waals surface area contributed by atoms with Crippen LogP contribution in [0.15, 0.2) is 30.3 Å². The fourth-order valence-corrected chi connectivity index (χ4v) is 2.29. The number of thiophene rings is 1. The summed E-state index contributed by atoms with van der Waals surface area (Å²) in [5.74, 6) is -0.226. The zero-order chi connectivity index (χ0) is 12.3. The minimum Gasteiger partial charge on any atom is -0.380 e. The highest BCUT2D eigenvalue weighted by Gasteiger charge is 2.02. The fraction of sp³-hybridized carbons (Fsp3) is 0.154. The van der Waals surface area contributed by atoms with Gasteiger partial charge in [0.25, 0.3) is 0 Å². The van der Waals surface area contributed by atoms with Gasteiger partial charge in [-0.05, 0) is 42.8 Å². The molecule has 0 aliphatic heterocycles. The number of benzene rings is 1. The molecule has 0 atom stereocenters. The molecule has 0 radical (unpaired) electrons. The molecule has 1 aromatic heterocycles. The van der Waals surface area contributed by atoms with E-state index >= 15 is 0 Å². The van der Waals surface area contributed by atoms with Gasteiger partial charge in [0.15, 0.2) is 0 Å². The molecule has 0 fully saturated rings. The van der Waals surface area contributed by atoms with Crippen molar-refractivity contribution in [2.45, 2.75) is 13.5 Å². The van der Waals surface area contributed by atoms with Gasteiger partial charge in [0.05, 0.1) is 0 Å². The summed E-state index contributed by atoms with van der Waals surface area (Å²) in [6, 6.07) is 10.5. The van der Waals surface area contributed by atoms with Crippen LogP contribution in [0.4, 0.5) is 10.1 Å². The first-order chi connectivity index (χ1) is 8.19. The zero-order valence-corrected chi connectivity index (χ0v) is 10.1. The molecule has 0 spiro atoms. The maximum atomic E-state index is 12.9. The number of hydrogen-bond acceptors (Lipinski definition) is 3. The first-order valence-corrected chi connectivity index (χ1v) is 5.99. The molecule has 17 heavy (non-hydrogen) atoms. The lowest BCUT2D eigenvalue weighted by atomic mass is 10.2. The molecule has 1 N–H and O–H groups in total. The predicted molar refractivity (Wildman–Crippen MR) is 67.5 cm³/mol. The fourth-order valence-electron chi connectivity index (χ4n) is 1.54. The van der Waals surface area contributed by atoms with Gasteiger partial charge < -0.3 is 5.32 Å². The number of anilines is 1. The molecule has 2 rings (SSSR count). The van der Waals surface area contributed by atoms with Crippen LogP contribution in [-0.2, 0) is 6.54 Å². The molecule has 4 heteroatoms. The smallest absolute Gasteiger partial charge is 0.123 e. The van der Waals surface area contributed by atoms with E-state index in [9.17, 15) is 4.39 Å². The van der Waals surface area contributed by atoms with Crippen LogP contribution in [0.25, 0.3) is 0 Å². The largest absolute Gasteiger partial charge is 0.380 e. The maximum Gasteiger partial charge on any atom is 0.123 e. The monoisotopic (exact) mass is 246 g/mol. The van der Waals surface area contributed by atoms with Gasteiger partial charge in [-0.25, -0.2) is 4.39 Å². The van der Waals surface area contributed by atoms with E-state index in [0.29, 0.717) is 11.4 Å². The van der Waals surface area contributed by atoms with Gasteiger partial charge in [0, 0.05) is 17.1 Å². The Morgan fingerprint density at radius 2 is 2.18 bits per heavy atom. The zero-order valence-electron chi connectivity index (χ0n) is 9.33. The average Bonchev–Trinajstić information content (AvgIpc) is 2.76. The van der Waals surface area contributed by atoms with E-state index in [1.54, 1.807) is 12.1 Å². The molecule has 2 aromatic rings. The SMILES string of the molecule is Cc1cc(F)ccc1NCc1ccc(C#N)s1. The number of hydrogen-bond donors (Lipinski definition) is 1. The molecular formula is C13H11FN2S. The Morgan fingerprint density at radius 3 is 2.82 bits per heavy atom. The number of halogens is 1. The summed E-state index contributed by atoms with van der Waals surface area (Å²) in [5.41, 5.74) is 1.79. The molecule has 0 aliphatic carbocycles. The van der Waals surface area contributed by atoms with E-state index in [2.05, 4.69) is 11.4 Å². The first-order valence-electron chi connectivity index (χ1n) is 5.18. The van der Waals surface area contributed by atoms with Crippen LogP contribution in [0, 0.1) is 24.1 Å². The number of aryl methyl sites for hydroxylation is 1. The van der Waals surface area contributed by atoms with Crippen molar-refractivity contribution in [3.05, 3.63) is 51.5 Å². The third kappa shape index (κ3) is 2.83. The highest BCUT2D eigenvalue weighted by molar-refractivity contribution is 7.12. The van der Waals surface area contributed by atoms with Crippen molar-refractivity contribution in [1.29, 1.82) is 5.26 Å². The van der Waals surface area contributed by atoms with Gasteiger partial charge in [0.1, 0.15) is 16.8 Å². The summed E-state index contributed by atoms with van der Waals surface area (Å²) in [6.45, 7) is 2.51. The van der Waals surface area contributed by atoms with Gasteiger partial charge in [-0.15, -0.1) is 11.3 Å². The lowest BCUT2D eigenvalue weighted by molar-refractivity contribution is 0.627. The molecule has 0 bridgehead atoms. The van der Waals surface area contributed by atoms with Gasteiger partial charge in [0.2, 0.25) is 0 Å². The van der Waals surface area contributed by atoms with Gasteiger partial charge >= 0.3 is 0 Å². The van der Waals surface area contributed by atoms with Crippen molar-refractivity contribution in [3.63, 3.8) is 0 Å². The Hall–Kier alpha value is -1.86. The van der Waals surface area contributed by atoms with Crippen molar-refractivity contribution in [2.75, 3.05) is 5.32 Å².